The van der Waals surface area contributed by atoms with Gasteiger partial charge in [-0.1, -0.05) is 12.1 Å². The average molecular weight is 346 g/mol. The number of nitrogens with one attached hydrogen (secondary N) is 1. The summed E-state index contributed by atoms with van der Waals surface area (Å²) in [4.78, 5) is 37.1. The van der Waals surface area contributed by atoms with Crippen LogP contribution >= 0.6 is 0 Å². The zero-order valence-corrected chi connectivity index (χ0v) is 14.8. The lowest BCUT2D eigenvalue weighted by molar-refractivity contribution is -0.137. The second-order valence-electron chi connectivity index (χ2n) is 6.70. The molecule has 0 bridgehead atoms. The van der Waals surface area contributed by atoms with E-state index >= 15 is 0 Å². The van der Waals surface area contributed by atoms with Crippen LogP contribution in [-0.4, -0.2) is 46.8 Å². The summed E-state index contributed by atoms with van der Waals surface area (Å²) in [5.74, 6) is -0.698. The smallest absolute Gasteiger partial charge is 0.303 e. The number of carbonyl (C=O) groups is 3. The second-order valence-corrected chi connectivity index (χ2v) is 6.70. The minimum absolute atomic E-state index is 0.0877. The molecule has 1 heterocycles. The monoisotopic (exact) mass is 346 g/mol. The summed E-state index contributed by atoms with van der Waals surface area (Å²) in [5, 5.41) is 11.7. The maximum absolute atomic E-state index is 12.6. The van der Waals surface area contributed by atoms with Gasteiger partial charge < -0.3 is 10.4 Å². The number of carboxylic acids is 1. The Hall–Kier alpha value is -2.21. The molecule has 2 rings (SSSR count). The van der Waals surface area contributed by atoms with E-state index in [0.717, 1.165) is 25.9 Å². The van der Waals surface area contributed by atoms with Crippen LogP contribution in [0.2, 0.25) is 0 Å². The molecule has 1 saturated heterocycles. The van der Waals surface area contributed by atoms with Crippen LogP contribution in [0.4, 0.5) is 5.69 Å². The highest BCUT2D eigenvalue weighted by atomic mass is 16.4. The fourth-order valence-corrected chi connectivity index (χ4v) is 3.31. The number of carboxylic acid groups (broad SMARTS) is 1. The summed E-state index contributed by atoms with van der Waals surface area (Å²) >= 11 is 0. The van der Waals surface area contributed by atoms with Crippen molar-refractivity contribution in [3.63, 3.8) is 0 Å². The van der Waals surface area contributed by atoms with Gasteiger partial charge in [-0.25, -0.2) is 0 Å². The number of Topliss-reactive ketones (excluding diaryl/α,β-unsaturated/α-hetero) is 1. The average Bonchev–Trinajstić information content (AvgIpc) is 2.59. The van der Waals surface area contributed by atoms with Gasteiger partial charge in [-0.15, -0.1) is 0 Å². The summed E-state index contributed by atoms with van der Waals surface area (Å²) < 4.78 is 0. The Labute approximate surface area is 148 Å². The molecule has 6 nitrogen and oxygen atoms in total. The van der Waals surface area contributed by atoms with Crippen molar-refractivity contribution < 1.29 is 19.5 Å². The molecule has 1 aromatic carbocycles. The standard InChI is InChI=1S/C19H26N2O4/c1-13(21-11-5-6-15(12-21)9-10-18(23)24)19(25)20-17-8-4-3-7-16(17)14(2)22/h3-4,7-8,13,15H,5-6,9-12H2,1-2H3,(H,20,25)(H,23,24). The molecule has 6 heteroatoms. The van der Waals surface area contributed by atoms with Crippen molar-refractivity contribution in [3.8, 4) is 0 Å². The van der Waals surface area contributed by atoms with Crippen molar-refractivity contribution in [2.24, 2.45) is 5.92 Å². The van der Waals surface area contributed by atoms with Crippen molar-refractivity contribution in [1.29, 1.82) is 0 Å². The van der Waals surface area contributed by atoms with Crippen molar-refractivity contribution in [2.75, 3.05) is 18.4 Å². The molecule has 2 atom stereocenters. The number of likely N-dealkylation sites (tertiary alicyclic amines) is 1. The number of benzene rings is 1. The molecule has 136 valence electrons. The van der Waals surface area contributed by atoms with E-state index in [1.54, 1.807) is 24.3 Å². The van der Waals surface area contributed by atoms with Gasteiger partial charge in [0.2, 0.25) is 5.91 Å². The molecule has 1 fully saturated rings. The van der Waals surface area contributed by atoms with Crippen LogP contribution in [0.3, 0.4) is 0 Å². The summed E-state index contributed by atoms with van der Waals surface area (Å²) in [5.41, 5.74) is 1.03. The fourth-order valence-electron chi connectivity index (χ4n) is 3.31. The Morgan fingerprint density at radius 3 is 2.72 bits per heavy atom. The third-order valence-electron chi connectivity index (χ3n) is 4.81. The fraction of sp³-hybridized carbons (Fsp3) is 0.526. The van der Waals surface area contributed by atoms with Crippen LogP contribution in [0.25, 0.3) is 0 Å². The number of rotatable bonds is 7. The molecule has 0 aromatic heterocycles. The molecular formula is C19H26N2O4. The number of hydrogen-bond acceptors (Lipinski definition) is 4. The summed E-state index contributed by atoms with van der Waals surface area (Å²) in [6.45, 7) is 4.89. The maximum atomic E-state index is 12.6. The lowest BCUT2D eigenvalue weighted by Gasteiger charge is -2.36. The van der Waals surface area contributed by atoms with Gasteiger partial charge in [-0.3, -0.25) is 19.3 Å². The molecular weight excluding hydrogens is 320 g/mol. The number of amides is 1. The molecule has 0 spiro atoms. The first-order valence-corrected chi connectivity index (χ1v) is 8.75. The first kappa shape index (κ1) is 19.1. The van der Waals surface area contributed by atoms with Gasteiger partial charge in [0, 0.05) is 18.5 Å². The molecule has 1 aliphatic rings. The van der Waals surface area contributed by atoms with Gasteiger partial charge in [0.1, 0.15) is 0 Å². The quantitative estimate of drug-likeness (QED) is 0.741. The third-order valence-corrected chi connectivity index (χ3v) is 4.81. The summed E-state index contributed by atoms with van der Waals surface area (Å²) in [6.07, 6.45) is 2.79. The molecule has 0 radical (unpaired) electrons. The highest BCUT2D eigenvalue weighted by Gasteiger charge is 2.28. The van der Waals surface area contributed by atoms with E-state index in [9.17, 15) is 14.4 Å². The number of piperidine rings is 1. The highest BCUT2D eigenvalue weighted by molar-refractivity contribution is 6.04. The van der Waals surface area contributed by atoms with Gasteiger partial charge in [-0.2, -0.15) is 0 Å². The SMILES string of the molecule is CC(=O)c1ccccc1NC(=O)C(C)N1CCCC(CCC(=O)O)C1. The zero-order chi connectivity index (χ0) is 18.4. The van der Waals surface area contributed by atoms with Crippen molar-refractivity contribution in [1.82, 2.24) is 4.90 Å². The van der Waals surface area contributed by atoms with E-state index in [0.29, 0.717) is 23.6 Å². The number of nitrogens with zero attached hydrogens (tertiary/aromatic N) is 1. The van der Waals surface area contributed by atoms with Crippen molar-refractivity contribution in [2.45, 2.75) is 45.6 Å². The predicted molar refractivity (Wildman–Crippen MR) is 95.7 cm³/mol. The Balaban J connectivity index is 1.97. The van der Waals surface area contributed by atoms with E-state index in [1.165, 1.54) is 6.92 Å². The Morgan fingerprint density at radius 2 is 2.04 bits per heavy atom. The minimum Gasteiger partial charge on any atom is -0.481 e. The van der Waals surface area contributed by atoms with E-state index in [1.807, 2.05) is 6.92 Å². The normalized spacial score (nSPS) is 19.2. The molecule has 1 aliphatic heterocycles. The number of hydrogen-bond donors (Lipinski definition) is 2. The number of aliphatic carboxylic acids is 1. The van der Waals surface area contributed by atoms with Gasteiger partial charge in [-0.05, 0) is 57.7 Å². The van der Waals surface area contributed by atoms with Gasteiger partial charge >= 0.3 is 5.97 Å². The van der Waals surface area contributed by atoms with Crippen LogP contribution < -0.4 is 5.32 Å². The van der Waals surface area contributed by atoms with Crippen molar-refractivity contribution in [3.05, 3.63) is 29.8 Å². The first-order chi connectivity index (χ1) is 11.9. The Morgan fingerprint density at radius 1 is 1.32 bits per heavy atom. The topological polar surface area (TPSA) is 86.7 Å². The summed E-state index contributed by atoms with van der Waals surface area (Å²) in [6, 6.07) is 6.66. The van der Waals surface area contributed by atoms with E-state index in [2.05, 4.69) is 10.2 Å². The van der Waals surface area contributed by atoms with Crippen LogP contribution in [0.5, 0.6) is 0 Å². The predicted octanol–water partition coefficient (Wildman–Crippen LogP) is 2.79. The van der Waals surface area contributed by atoms with Crippen LogP contribution in [0, 0.1) is 5.92 Å². The lowest BCUT2D eigenvalue weighted by Crippen LogP contribution is -2.47. The molecule has 1 amide bonds. The lowest BCUT2D eigenvalue weighted by atomic mass is 9.92. The number of carbonyl (C=O) groups excluding carboxylic acids is 2. The largest absolute Gasteiger partial charge is 0.481 e. The Bertz CT molecular complexity index is 644. The van der Waals surface area contributed by atoms with Crippen molar-refractivity contribution >= 4 is 23.3 Å². The molecule has 0 saturated carbocycles. The number of para-hydroxylation sites is 1. The number of ketones is 1. The molecule has 25 heavy (non-hydrogen) atoms. The zero-order valence-electron chi connectivity index (χ0n) is 14.8. The first-order valence-electron chi connectivity index (χ1n) is 8.75. The molecule has 0 aliphatic carbocycles. The molecule has 1 aromatic rings. The number of anilines is 1. The molecule has 2 unspecified atom stereocenters. The molecule has 2 N–H and O–H groups in total. The van der Waals surface area contributed by atoms with Crippen LogP contribution in [-0.2, 0) is 9.59 Å². The van der Waals surface area contributed by atoms with Crippen LogP contribution in [0.1, 0.15) is 49.9 Å². The van der Waals surface area contributed by atoms with Gasteiger partial charge in [0.25, 0.3) is 0 Å². The third kappa shape index (κ3) is 5.39. The van der Waals surface area contributed by atoms with Gasteiger partial charge in [0.05, 0.1) is 11.7 Å². The van der Waals surface area contributed by atoms with Crippen LogP contribution in [0.15, 0.2) is 24.3 Å². The Kier molecular flexibility index (Phi) is 6.70. The van der Waals surface area contributed by atoms with E-state index in [4.69, 9.17) is 5.11 Å². The van der Waals surface area contributed by atoms with E-state index in [-0.39, 0.29) is 24.2 Å². The highest BCUT2D eigenvalue weighted by Crippen LogP contribution is 2.23. The van der Waals surface area contributed by atoms with E-state index < -0.39 is 5.97 Å². The van der Waals surface area contributed by atoms with Gasteiger partial charge in [0.15, 0.2) is 5.78 Å². The minimum atomic E-state index is -0.774. The second kappa shape index (κ2) is 8.76. The summed E-state index contributed by atoms with van der Waals surface area (Å²) in [7, 11) is 0. The maximum Gasteiger partial charge on any atom is 0.303 e.